The maximum absolute atomic E-state index is 12.4. The quantitative estimate of drug-likeness (QED) is 0.311. The van der Waals surface area contributed by atoms with Crippen molar-refractivity contribution in [2.45, 2.75) is 12.1 Å². The zero-order chi connectivity index (χ0) is 23.2. The summed E-state index contributed by atoms with van der Waals surface area (Å²) < 4.78 is 11.9. The molecule has 0 unspecified atom stereocenters. The van der Waals surface area contributed by atoms with Crippen molar-refractivity contribution in [3.05, 3.63) is 66.2 Å². The first kappa shape index (κ1) is 22.3. The number of methoxy groups -OCH3 is 1. The van der Waals surface area contributed by atoms with E-state index in [1.54, 1.807) is 42.8 Å². The van der Waals surface area contributed by atoms with E-state index in [2.05, 4.69) is 20.6 Å². The van der Waals surface area contributed by atoms with Crippen molar-refractivity contribution in [3.8, 4) is 17.0 Å². The Balaban J connectivity index is 1.42. The number of benzene rings is 2. The Kier molecular flexibility index (Phi) is 6.84. The fraction of sp³-hybridized carbons (Fsp3) is 0.174. The first-order valence-electron chi connectivity index (χ1n) is 10.1. The number of carbonyl (C=O) groups is 2. The van der Waals surface area contributed by atoms with Crippen LogP contribution in [-0.4, -0.2) is 51.2 Å². The molecule has 168 valence electrons. The van der Waals surface area contributed by atoms with Crippen LogP contribution in [-0.2, 0) is 9.53 Å². The van der Waals surface area contributed by atoms with E-state index in [1.807, 2.05) is 36.4 Å². The Labute approximate surface area is 194 Å². The minimum absolute atomic E-state index is 0.117. The third kappa shape index (κ3) is 5.29. The summed E-state index contributed by atoms with van der Waals surface area (Å²) in [6, 6.07) is 17.8. The zero-order valence-corrected chi connectivity index (χ0v) is 18.8. The lowest BCUT2D eigenvalue weighted by atomic mass is 10.1. The Morgan fingerprint density at radius 2 is 1.88 bits per heavy atom. The zero-order valence-electron chi connectivity index (χ0n) is 18.0. The van der Waals surface area contributed by atoms with Crippen LogP contribution >= 0.6 is 11.8 Å². The molecule has 0 atom stereocenters. The van der Waals surface area contributed by atoms with Crippen LogP contribution in [0.5, 0.6) is 5.75 Å². The highest BCUT2D eigenvalue weighted by molar-refractivity contribution is 7.99. The lowest BCUT2D eigenvalue weighted by Crippen LogP contribution is -2.14. The van der Waals surface area contributed by atoms with Crippen LogP contribution in [0, 0.1) is 0 Å². The van der Waals surface area contributed by atoms with Crippen molar-refractivity contribution in [1.82, 2.24) is 19.8 Å². The average Bonchev–Trinajstić information content (AvgIpc) is 3.25. The lowest BCUT2D eigenvalue weighted by molar-refractivity contribution is -0.113. The summed E-state index contributed by atoms with van der Waals surface area (Å²) in [5, 5.41) is 16.2. The summed E-state index contributed by atoms with van der Waals surface area (Å²) in [6.45, 7) is 2.06. The van der Waals surface area contributed by atoms with Gasteiger partial charge in [0.1, 0.15) is 5.75 Å². The van der Waals surface area contributed by atoms with Gasteiger partial charge in [0.2, 0.25) is 11.1 Å². The number of ether oxygens (including phenoxy) is 2. The summed E-state index contributed by atoms with van der Waals surface area (Å²) in [5.41, 5.74) is 3.22. The smallest absolute Gasteiger partial charge is 0.338 e. The summed E-state index contributed by atoms with van der Waals surface area (Å²) in [5.74, 6) is 0.237. The molecule has 0 aliphatic heterocycles. The predicted molar refractivity (Wildman–Crippen MR) is 125 cm³/mol. The number of amides is 1. The molecule has 0 aliphatic carbocycles. The average molecular weight is 464 g/mol. The number of carbonyl (C=O) groups excluding carboxylic acids is 2. The first-order chi connectivity index (χ1) is 16.1. The van der Waals surface area contributed by atoms with Crippen LogP contribution in [0.25, 0.3) is 16.9 Å². The van der Waals surface area contributed by atoms with Crippen LogP contribution < -0.4 is 10.1 Å². The summed E-state index contributed by atoms with van der Waals surface area (Å²) in [4.78, 5) is 24.1. The van der Waals surface area contributed by atoms with Gasteiger partial charge in [0.05, 0.1) is 30.7 Å². The van der Waals surface area contributed by atoms with Crippen LogP contribution in [0.15, 0.2) is 65.8 Å². The van der Waals surface area contributed by atoms with E-state index in [0.717, 1.165) is 17.0 Å². The SMILES string of the molecule is CCOC(=O)c1ccc(NC(=O)CSc2nnc3ccc(-c4cccc(OC)c4)nn23)cc1. The van der Waals surface area contributed by atoms with Gasteiger partial charge in [-0.2, -0.15) is 9.61 Å². The molecule has 9 nitrogen and oxygen atoms in total. The molecule has 1 amide bonds. The highest BCUT2D eigenvalue weighted by atomic mass is 32.2. The minimum atomic E-state index is -0.398. The molecule has 0 bridgehead atoms. The molecule has 0 radical (unpaired) electrons. The number of thioether (sulfide) groups is 1. The lowest BCUT2D eigenvalue weighted by Gasteiger charge is -2.07. The highest BCUT2D eigenvalue weighted by Crippen LogP contribution is 2.24. The van der Waals surface area contributed by atoms with E-state index in [9.17, 15) is 9.59 Å². The number of esters is 1. The van der Waals surface area contributed by atoms with E-state index < -0.39 is 5.97 Å². The Hall–Kier alpha value is -3.92. The predicted octanol–water partition coefficient (Wildman–Crippen LogP) is 3.71. The number of hydrogen-bond acceptors (Lipinski definition) is 8. The maximum atomic E-state index is 12.4. The van der Waals surface area contributed by atoms with Gasteiger partial charge in [0, 0.05) is 11.3 Å². The van der Waals surface area contributed by atoms with Gasteiger partial charge in [-0.3, -0.25) is 4.79 Å². The van der Waals surface area contributed by atoms with E-state index >= 15 is 0 Å². The van der Waals surface area contributed by atoms with Gasteiger partial charge in [0.15, 0.2) is 5.65 Å². The van der Waals surface area contributed by atoms with Gasteiger partial charge in [-0.1, -0.05) is 23.9 Å². The van der Waals surface area contributed by atoms with Crippen molar-refractivity contribution in [3.63, 3.8) is 0 Å². The molecule has 4 rings (SSSR count). The first-order valence-corrected chi connectivity index (χ1v) is 11.1. The second-order valence-corrected chi connectivity index (χ2v) is 7.78. The molecule has 2 aromatic carbocycles. The standard InChI is InChI=1S/C23H21N5O4S/c1-3-32-22(30)15-7-9-17(10-8-15)24-21(29)14-33-23-26-25-20-12-11-19(27-28(20)23)16-5-4-6-18(13-16)31-2/h4-13H,3,14H2,1-2H3,(H,24,29). The molecule has 0 fully saturated rings. The molecule has 0 aliphatic rings. The van der Waals surface area contributed by atoms with Gasteiger partial charge < -0.3 is 14.8 Å². The second kappa shape index (κ2) is 10.1. The molecule has 0 saturated heterocycles. The fourth-order valence-electron chi connectivity index (χ4n) is 3.03. The van der Waals surface area contributed by atoms with E-state index in [-0.39, 0.29) is 11.7 Å². The second-order valence-electron chi connectivity index (χ2n) is 6.84. The summed E-state index contributed by atoms with van der Waals surface area (Å²) in [7, 11) is 1.62. The molecular formula is C23H21N5O4S. The van der Waals surface area contributed by atoms with Gasteiger partial charge in [-0.25, -0.2) is 4.79 Å². The third-order valence-corrected chi connectivity index (χ3v) is 5.53. The molecule has 4 aromatic rings. The Bertz CT molecular complexity index is 1290. The molecule has 2 aromatic heterocycles. The normalized spacial score (nSPS) is 10.7. The number of rotatable bonds is 8. The van der Waals surface area contributed by atoms with Crippen LogP contribution in [0.3, 0.4) is 0 Å². The highest BCUT2D eigenvalue weighted by Gasteiger charge is 2.13. The van der Waals surface area contributed by atoms with Crippen LogP contribution in [0.4, 0.5) is 5.69 Å². The van der Waals surface area contributed by atoms with Crippen molar-refractivity contribution in [2.75, 3.05) is 24.8 Å². The van der Waals surface area contributed by atoms with Crippen LogP contribution in [0.1, 0.15) is 17.3 Å². The van der Waals surface area contributed by atoms with Gasteiger partial charge in [0.25, 0.3) is 0 Å². The van der Waals surface area contributed by atoms with Gasteiger partial charge in [-0.05, 0) is 55.5 Å². The molecule has 10 heteroatoms. The van der Waals surface area contributed by atoms with Crippen molar-refractivity contribution in [1.29, 1.82) is 0 Å². The van der Waals surface area contributed by atoms with Crippen molar-refractivity contribution < 1.29 is 19.1 Å². The van der Waals surface area contributed by atoms with E-state index in [4.69, 9.17) is 9.47 Å². The molecule has 1 N–H and O–H groups in total. The molecule has 0 saturated carbocycles. The number of hydrogen-bond donors (Lipinski definition) is 1. The number of aromatic nitrogens is 4. The van der Waals surface area contributed by atoms with Crippen LogP contribution in [0.2, 0.25) is 0 Å². The number of nitrogens with one attached hydrogen (secondary N) is 1. The van der Waals surface area contributed by atoms with Gasteiger partial charge >= 0.3 is 5.97 Å². The number of fused-ring (bicyclic) bond motifs is 1. The largest absolute Gasteiger partial charge is 0.497 e. The fourth-order valence-corrected chi connectivity index (χ4v) is 3.71. The Morgan fingerprint density at radius 1 is 1.06 bits per heavy atom. The summed E-state index contributed by atoms with van der Waals surface area (Å²) >= 11 is 1.23. The maximum Gasteiger partial charge on any atom is 0.338 e. The summed E-state index contributed by atoms with van der Waals surface area (Å²) in [6.07, 6.45) is 0. The topological polar surface area (TPSA) is 108 Å². The molecule has 33 heavy (non-hydrogen) atoms. The van der Waals surface area contributed by atoms with Gasteiger partial charge in [-0.15, -0.1) is 10.2 Å². The number of nitrogens with zero attached hydrogens (tertiary/aromatic N) is 4. The number of anilines is 1. The van der Waals surface area contributed by atoms with E-state index in [1.165, 1.54) is 11.8 Å². The monoisotopic (exact) mass is 463 g/mol. The van der Waals surface area contributed by atoms with E-state index in [0.29, 0.717) is 28.7 Å². The molecule has 2 heterocycles. The van der Waals surface area contributed by atoms with Crippen molar-refractivity contribution in [2.24, 2.45) is 0 Å². The molecular weight excluding hydrogens is 442 g/mol. The minimum Gasteiger partial charge on any atom is -0.497 e. The Morgan fingerprint density at radius 3 is 2.64 bits per heavy atom. The third-order valence-electron chi connectivity index (χ3n) is 4.61. The van der Waals surface area contributed by atoms with Crippen molar-refractivity contribution >= 4 is 35.0 Å². The molecule has 0 spiro atoms.